The van der Waals surface area contributed by atoms with E-state index in [1.807, 2.05) is 0 Å². The third-order valence-electron chi connectivity index (χ3n) is 12.5. The van der Waals surface area contributed by atoms with Crippen molar-refractivity contribution in [3.63, 3.8) is 0 Å². The molecule has 388 valence electrons. The van der Waals surface area contributed by atoms with Gasteiger partial charge >= 0.3 is 17.9 Å². The van der Waals surface area contributed by atoms with Crippen molar-refractivity contribution in [1.29, 1.82) is 0 Å². The lowest BCUT2D eigenvalue weighted by Crippen LogP contribution is -2.30. The van der Waals surface area contributed by atoms with Gasteiger partial charge < -0.3 is 14.2 Å². The Kier molecular flexibility index (Phi) is 53.3. The molecule has 0 bridgehead atoms. The summed E-state index contributed by atoms with van der Waals surface area (Å²) in [6.45, 7) is 6.53. The lowest BCUT2D eigenvalue weighted by atomic mass is 10.0. The Bertz CT molecular complexity index is 1210. The van der Waals surface area contributed by atoms with Crippen molar-refractivity contribution < 1.29 is 28.6 Å². The third-order valence-corrected chi connectivity index (χ3v) is 12.5. The first kappa shape index (κ1) is 64.1. The quantitative estimate of drug-likeness (QED) is 0.0262. The highest BCUT2D eigenvalue weighted by atomic mass is 16.6. The molecule has 1 unspecified atom stereocenters. The molecule has 0 aromatic heterocycles. The minimum Gasteiger partial charge on any atom is -0.462 e. The Morgan fingerprint density at radius 3 is 0.910 bits per heavy atom. The fraction of sp³-hybridized carbons (Fsp3) is 0.787. The first-order valence-corrected chi connectivity index (χ1v) is 28.8. The minimum atomic E-state index is -0.778. The zero-order valence-corrected chi connectivity index (χ0v) is 44.4. The van der Waals surface area contributed by atoms with Crippen LogP contribution in [0.25, 0.3) is 0 Å². The number of ether oxygens (including phenoxy) is 3. The molecular formula is C61H108O6. The van der Waals surface area contributed by atoms with Gasteiger partial charge in [0.05, 0.1) is 0 Å². The molecule has 0 rings (SSSR count). The number of carbonyl (C=O) groups is 3. The Morgan fingerprint density at radius 2 is 0.582 bits per heavy atom. The summed E-state index contributed by atoms with van der Waals surface area (Å²) in [4.78, 5) is 38.1. The van der Waals surface area contributed by atoms with Crippen LogP contribution < -0.4 is 0 Å². The van der Waals surface area contributed by atoms with Gasteiger partial charge in [0.1, 0.15) is 13.2 Å². The normalized spacial score (nSPS) is 12.5. The van der Waals surface area contributed by atoms with Crippen LogP contribution in [0.5, 0.6) is 0 Å². The highest BCUT2D eigenvalue weighted by molar-refractivity contribution is 5.71. The minimum absolute atomic E-state index is 0.0768. The fourth-order valence-corrected chi connectivity index (χ4v) is 8.24. The van der Waals surface area contributed by atoms with E-state index in [1.54, 1.807) is 0 Å². The van der Waals surface area contributed by atoms with Gasteiger partial charge in [0, 0.05) is 19.3 Å². The summed E-state index contributed by atoms with van der Waals surface area (Å²) in [6, 6.07) is 0. The van der Waals surface area contributed by atoms with Crippen molar-refractivity contribution in [3.8, 4) is 0 Å². The zero-order chi connectivity index (χ0) is 48.6. The third kappa shape index (κ3) is 53.9. The van der Waals surface area contributed by atoms with E-state index in [2.05, 4.69) is 81.5 Å². The van der Waals surface area contributed by atoms with E-state index >= 15 is 0 Å². The van der Waals surface area contributed by atoms with Gasteiger partial charge in [0.25, 0.3) is 0 Å². The summed E-state index contributed by atoms with van der Waals surface area (Å²) in [5.74, 6) is -0.885. The first-order valence-electron chi connectivity index (χ1n) is 28.8. The van der Waals surface area contributed by atoms with Crippen molar-refractivity contribution in [2.24, 2.45) is 0 Å². The second kappa shape index (κ2) is 55.7. The molecule has 0 N–H and O–H groups in total. The number of carbonyl (C=O) groups excluding carboxylic acids is 3. The summed E-state index contributed by atoms with van der Waals surface area (Å²) in [6.07, 6.45) is 69.3. The maximum atomic E-state index is 12.8. The molecule has 0 aliphatic heterocycles. The van der Waals surface area contributed by atoms with Gasteiger partial charge in [-0.1, -0.05) is 268 Å². The smallest absolute Gasteiger partial charge is 0.306 e. The summed E-state index contributed by atoms with van der Waals surface area (Å²) in [5.41, 5.74) is 0. The summed E-state index contributed by atoms with van der Waals surface area (Å²) in [7, 11) is 0. The van der Waals surface area contributed by atoms with Crippen LogP contribution in [0.2, 0.25) is 0 Å². The molecule has 0 heterocycles. The molecule has 0 fully saturated rings. The summed E-state index contributed by atoms with van der Waals surface area (Å²) < 4.78 is 16.8. The van der Waals surface area contributed by atoms with Gasteiger partial charge in [-0.05, 0) is 64.2 Å². The van der Waals surface area contributed by atoms with Crippen molar-refractivity contribution in [2.75, 3.05) is 13.2 Å². The average Bonchev–Trinajstić information content (AvgIpc) is 3.33. The van der Waals surface area contributed by atoms with Crippen LogP contribution in [0.15, 0.2) is 60.8 Å². The van der Waals surface area contributed by atoms with Crippen LogP contribution in [0, 0.1) is 0 Å². The lowest BCUT2D eigenvalue weighted by molar-refractivity contribution is -0.167. The lowest BCUT2D eigenvalue weighted by Gasteiger charge is -2.18. The largest absolute Gasteiger partial charge is 0.462 e. The zero-order valence-electron chi connectivity index (χ0n) is 44.4. The second-order valence-electron chi connectivity index (χ2n) is 19.2. The predicted octanol–water partition coefficient (Wildman–Crippen LogP) is 19.2. The number of unbranched alkanes of at least 4 members (excludes halogenated alkanes) is 31. The number of rotatable bonds is 52. The molecule has 0 saturated carbocycles. The Balaban J connectivity index is 4.32. The van der Waals surface area contributed by atoms with Crippen LogP contribution in [-0.2, 0) is 28.6 Å². The van der Waals surface area contributed by atoms with E-state index in [-0.39, 0.29) is 31.1 Å². The van der Waals surface area contributed by atoms with Gasteiger partial charge in [-0.3, -0.25) is 14.4 Å². The van der Waals surface area contributed by atoms with Gasteiger partial charge in [-0.2, -0.15) is 0 Å². The number of hydrogen-bond donors (Lipinski definition) is 0. The molecule has 0 amide bonds. The maximum Gasteiger partial charge on any atom is 0.306 e. The van der Waals surface area contributed by atoms with Gasteiger partial charge in [0.2, 0.25) is 0 Å². The second-order valence-corrected chi connectivity index (χ2v) is 19.2. The molecule has 6 heteroatoms. The molecule has 0 aliphatic rings. The van der Waals surface area contributed by atoms with Crippen molar-refractivity contribution >= 4 is 17.9 Å². The van der Waals surface area contributed by atoms with E-state index in [0.29, 0.717) is 19.3 Å². The molecule has 0 aromatic rings. The topological polar surface area (TPSA) is 78.9 Å². The number of hydrogen-bond acceptors (Lipinski definition) is 6. The Hall–Kier alpha value is -2.89. The molecular weight excluding hydrogens is 829 g/mol. The molecule has 0 spiro atoms. The average molecular weight is 938 g/mol. The highest BCUT2D eigenvalue weighted by Crippen LogP contribution is 2.16. The van der Waals surface area contributed by atoms with Crippen molar-refractivity contribution in [3.05, 3.63) is 60.8 Å². The Morgan fingerprint density at radius 1 is 0.313 bits per heavy atom. The molecule has 0 radical (unpaired) electrons. The van der Waals surface area contributed by atoms with Crippen LogP contribution in [0.4, 0.5) is 0 Å². The van der Waals surface area contributed by atoms with Crippen molar-refractivity contribution in [1.82, 2.24) is 0 Å². The van der Waals surface area contributed by atoms with Crippen LogP contribution in [-0.4, -0.2) is 37.2 Å². The SMILES string of the molecule is CC/C=C\C/C=C\C/C=C\C/C=C\C/C=C\CCCCCCCC(=O)OCC(COC(=O)CCCCCCCCCCCC)OC(=O)CCCCCCCCCCCCCCCCCCCC. The monoisotopic (exact) mass is 937 g/mol. The molecule has 67 heavy (non-hydrogen) atoms. The maximum absolute atomic E-state index is 12.8. The van der Waals surface area contributed by atoms with E-state index in [4.69, 9.17) is 14.2 Å². The standard InChI is InChI=1S/C61H108O6/c1-4-7-10-13-16-19-22-24-26-28-30-31-32-34-35-37-39-42-45-48-51-54-60(63)66-57-58(56-65-59(62)53-50-47-44-41-21-18-15-12-9-6-3)67-61(64)55-52-49-46-43-40-38-36-33-29-27-25-23-20-17-14-11-8-5-2/h7,10,16,19,24,26,30-31,34-35,58H,4-6,8-9,11-15,17-18,20-23,25,27-29,32-33,36-57H2,1-3H3/b10-7-,19-16-,26-24-,31-30-,35-34-. The van der Waals surface area contributed by atoms with Crippen molar-refractivity contribution in [2.45, 2.75) is 297 Å². The molecule has 0 aromatic carbocycles. The van der Waals surface area contributed by atoms with E-state index in [9.17, 15) is 14.4 Å². The highest BCUT2D eigenvalue weighted by Gasteiger charge is 2.19. The summed E-state index contributed by atoms with van der Waals surface area (Å²) in [5, 5.41) is 0. The van der Waals surface area contributed by atoms with Crippen LogP contribution >= 0.6 is 0 Å². The molecule has 6 nitrogen and oxygen atoms in total. The fourth-order valence-electron chi connectivity index (χ4n) is 8.24. The van der Waals surface area contributed by atoms with E-state index < -0.39 is 6.10 Å². The Labute approximate surface area is 415 Å². The van der Waals surface area contributed by atoms with Gasteiger partial charge in [-0.25, -0.2) is 0 Å². The van der Waals surface area contributed by atoms with Crippen LogP contribution in [0.3, 0.4) is 0 Å². The first-order chi connectivity index (χ1) is 33.0. The molecule has 0 saturated heterocycles. The van der Waals surface area contributed by atoms with E-state index in [1.165, 1.54) is 141 Å². The van der Waals surface area contributed by atoms with E-state index in [0.717, 1.165) is 109 Å². The van der Waals surface area contributed by atoms with Gasteiger partial charge in [0.15, 0.2) is 6.10 Å². The predicted molar refractivity (Wildman–Crippen MR) is 288 cm³/mol. The number of esters is 3. The van der Waals surface area contributed by atoms with Gasteiger partial charge in [-0.15, -0.1) is 0 Å². The number of allylic oxidation sites excluding steroid dienone is 10. The molecule has 0 aliphatic carbocycles. The van der Waals surface area contributed by atoms with Crippen LogP contribution in [0.1, 0.15) is 290 Å². The summed E-state index contributed by atoms with van der Waals surface area (Å²) >= 11 is 0. The molecule has 1 atom stereocenters.